The summed E-state index contributed by atoms with van der Waals surface area (Å²) < 4.78 is 30.7. The maximum atomic E-state index is 12.6. The first-order chi connectivity index (χ1) is 12.9. The molecule has 0 aromatic rings. The molecule has 0 aromatic heterocycles. The van der Waals surface area contributed by atoms with Crippen molar-refractivity contribution in [3.8, 4) is 0 Å². The number of nitrogens with zero attached hydrogens (tertiary/aromatic N) is 3. The monoisotopic (exact) mass is 393 g/mol. The quantitative estimate of drug-likeness (QED) is 0.717. The zero-order chi connectivity index (χ0) is 19.1. The van der Waals surface area contributed by atoms with Crippen LogP contribution in [0, 0.1) is 5.92 Å². The number of sulfone groups is 1. The summed E-state index contributed by atoms with van der Waals surface area (Å²) in [5.41, 5.74) is -0.270. The zero-order valence-corrected chi connectivity index (χ0v) is 16.3. The smallest absolute Gasteiger partial charge is 0.174 e. The standard InChI is InChI=1S/C19H27N3O4S/c1-2-27(24,25)15-11-17(23)16-13-19(26-18(16)12-15)3-7-21(8-4-19)14-22-9-5-20-6-10-22/h2,5-6,9,15-16,18H,1,3-4,7-8,10-14H2. The van der Waals surface area contributed by atoms with Crippen LogP contribution in [0.5, 0.6) is 0 Å². The van der Waals surface area contributed by atoms with E-state index in [4.69, 9.17) is 4.74 Å². The molecule has 1 saturated carbocycles. The normalized spacial score (nSPS) is 33.4. The minimum atomic E-state index is -3.43. The number of rotatable bonds is 4. The molecule has 3 fully saturated rings. The van der Waals surface area contributed by atoms with Crippen molar-refractivity contribution < 1.29 is 17.9 Å². The lowest BCUT2D eigenvalue weighted by atomic mass is 9.79. The van der Waals surface area contributed by atoms with Gasteiger partial charge in [-0.05, 0) is 25.7 Å². The number of hydrogen-bond acceptors (Lipinski definition) is 7. The third kappa shape index (κ3) is 3.75. The van der Waals surface area contributed by atoms with Crippen molar-refractivity contribution in [2.45, 2.75) is 49.1 Å². The summed E-state index contributed by atoms with van der Waals surface area (Å²) in [4.78, 5) is 21.3. The molecule has 8 heteroatoms. The Kier molecular flexibility index (Phi) is 4.98. The highest BCUT2D eigenvalue weighted by Gasteiger charge is 2.53. The van der Waals surface area contributed by atoms with Gasteiger partial charge in [-0.1, -0.05) is 6.58 Å². The predicted molar refractivity (Wildman–Crippen MR) is 103 cm³/mol. The Labute approximate surface area is 160 Å². The maximum absolute atomic E-state index is 12.6. The van der Waals surface area contributed by atoms with Crippen LogP contribution in [-0.4, -0.2) is 73.5 Å². The van der Waals surface area contributed by atoms with Gasteiger partial charge in [0.1, 0.15) is 5.78 Å². The van der Waals surface area contributed by atoms with Crippen molar-refractivity contribution in [2.75, 3.05) is 26.3 Å². The summed E-state index contributed by atoms with van der Waals surface area (Å²) in [6, 6.07) is 0. The third-order valence-corrected chi connectivity index (χ3v) is 8.16. The van der Waals surface area contributed by atoms with Crippen LogP contribution in [0.2, 0.25) is 0 Å². The lowest BCUT2D eigenvalue weighted by Crippen LogP contribution is -2.47. The molecule has 27 heavy (non-hydrogen) atoms. The molecule has 4 rings (SSSR count). The second-order valence-corrected chi connectivity index (χ2v) is 10.3. The number of piperidine rings is 1. The molecule has 7 nitrogen and oxygen atoms in total. The van der Waals surface area contributed by atoms with Crippen molar-refractivity contribution >= 4 is 21.8 Å². The van der Waals surface area contributed by atoms with E-state index in [2.05, 4.69) is 21.4 Å². The van der Waals surface area contributed by atoms with E-state index in [0.717, 1.165) is 51.0 Å². The van der Waals surface area contributed by atoms with Gasteiger partial charge in [-0.15, -0.1) is 0 Å². The minimum Gasteiger partial charge on any atom is -0.371 e. The topological polar surface area (TPSA) is 79.3 Å². The molecule has 0 N–H and O–H groups in total. The van der Waals surface area contributed by atoms with Gasteiger partial charge in [0.05, 0.1) is 30.2 Å². The highest BCUT2D eigenvalue weighted by molar-refractivity contribution is 7.94. The van der Waals surface area contributed by atoms with Gasteiger partial charge in [0, 0.05) is 49.5 Å². The molecular weight excluding hydrogens is 366 g/mol. The van der Waals surface area contributed by atoms with E-state index in [1.165, 1.54) is 0 Å². The fourth-order valence-electron chi connectivity index (χ4n) is 4.81. The Hall–Kier alpha value is -1.51. The van der Waals surface area contributed by atoms with Gasteiger partial charge in [0.25, 0.3) is 0 Å². The Morgan fingerprint density at radius 2 is 2.15 bits per heavy atom. The lowest BCUT2D eigenvalue weighted by Gasteiger charge is -2.40. The van der Waals surface area contributed by atoms with Crippen molar-refractivity contribution in [1.29, 1.82) is 0 Å². The third-order valence-electron chi connectivity index (χ3n) is 6.41. The molecular formula is C19H27N3O4S. The first kappa shape index (κ1) is 18.8. The van der Waals surface area contributed by atoms with E-state index in [9.17, 15) is 13.2 Å². The van der Waals surface area contributed by atoms with Crippen molar-refractivity contribution in [1.82, 2.24) is 9.80 Å². The van der Waals surface area contributed by atoms with Crippen molar-refractivity contribution in [2.24, 2.45) is 10.9 Å². The first-order valence-electron chi connectivity index (χ1n) is 9.62. The number of ether oxygens (including phenoxy) is 1. The number of fused-ring (bicyclic) bond motifs is 1. The molecule has 1 aliphatic carbocycles. The largest absolute Gasteiger partial charge is 0.371 e. The zero-order valence-electron chi connectivity index (χ0n) is 15.5. The van der Waals surface area contributed by atoms with Gasteiger partial charge < -0.3 is 9.64 Å². The van der Waals surface area contributed by atoms with Crippen LogP contribution >= 0.6 is 0 Å². The van der Waals surface area contributed by atoms with Crippen LogP contribution in [0.1, 0.15) is 32.1 Å². The summed E-state index contributed by atoms with van der Waals surface area (Å²) >= 11 is 0. The van der Waals surface area contributed by atoms with Gasteiger partial charge in [0.15, 0.2) is 9.84 Å². The van der Waals surface area contributed by atoms with Gasteiger partial charge in [-0.25, -0.2) is 8.42 Å². The van der Waals surface area contributed by atoms with Crippen LogP contribution in [0.4, 0.5) is 0 Å². The van der Waals surface area contributed by atoms with Crippen molar-refractivity contribution in [3.63, 3.8) is 0 Å². The van der Waals surface area contributed by atoms with Crippen molar-refractivity contribution in [3.05, 3.63) is 24.4 Å². The van der Waals surface area contributed by atoms with E-state index < -0.39 is 15.1 Å². The molecule has 3 unspecified atom stereocenters. The molecule has 2 saturated heterocycles. The van der Waals surface area contributed by atoms with E-state index in [-0.39, 0.29) is 29.8 Å². The molecule has 0 amide bonds. The average Bonchev–Trinajstić information content (AvgIpc) is 3.03. The maximum Gasteiger partial charge on any atom is 0.174 e. The van der Waals surface area contributed by atoms with Gasteiger partial charge >= 0.3 is 0 Å². The van der Waals surface area contributed by atoms with Crippen LogP contribution in [0.3, 0.4) is 0 Å². The molecule has 0 bridgehead atoms. The van der Waals surface area contributed by atoms with E-state index >= 15 is 0 Å². The Morgan fingerprint density at radius 3 is 2.81 bits per heavy atom. The second-order valence-electron chi connectivity index (χ2n) is 8.09. The number of likely N-dealkylation sites (tertiary alicyclic amines) is 1. The van der Waals surface area contributed by atoms with Gasteiger partial charge in [-0.2, -0.15) is 0 Å². The average molecular weight is 394 g/mol. The van der Waals surface area contributed by atoms with Crippen LogP contribution in [0.25, 0.3) is 0 Å². The minimum absolute atomic E-state index is 0.0405. The summed E-state index contributed by atoms with van der Waals surface area (Å²) in [5, 5.41) is 0.306. The number of Topliss-reactive ketones (excluding diaryl/α,β-unsaturated/α-hetero) is 1. The lowest BCUT2D eigenvalue weighted by molar-refractivity contribution is -0.128. The van der Waals surface area contributed by atoms with E-state index in [1.54, 1.807) is 6.20 Å². The molecule has 4 aliphatic rings. The molecule has 0 aromatic carbocycles. The fourth-order valence-corrected chi connectivity index (χ4v) is 5.94. The van der Waals surface area contributed by atoms with Gasteiger partial charge in [0.2, 0.25) is 0 Å². The highest BCUT2D eigenvalue weighted by Crippen LogP contribution is 2.47. The summed E-state index contributed by atoms with van der Waals surface area (Å²) in [6.07, 6.45) is 8.46. The van der Waals surface area contributed by atoms with E-state index in [1.807, 2.05) is 12.4 Å². The molecule has 148 valence electrons. The van der Waals surface area contributed by atoms with Crippen LogP contribution < -0.4 is 0 Å². The number of carbonyl (C=O) groups is 1. The number of hydrogen-bond donors (Lipinski definition) is 0. The Balaban J connectivity index is 1.37. The summed E-state index contributed by atoms with van der Waals surface area (Å²) in [6.45, 7) is 6.93. The molecule has 3 atom stereocenters. The first-order valence-corrected chi connectivity index (χ1v) is 11.2. The molecule has 1 spiro atoms. The second kappa shape index (κ2) is 7.14. The highest BCUT2D eigenvalue weighted by atomic mass is 32.2. The summed E-state index contributed by atoms with van der Waals surface area (Å²) in [7, 11) is -3.43. The fraction of sp³-hybridized carbons (Fsp3) is 0.684. The molecule has 3 heterocycles. The predicted octanol–water partition coefficient (Wildman–Crippen LogP) is 1.33. The van der Waals surface area contributed by atoms with E-state index in [0.29, 0.717) is 6.42 Å². The molecule has 3 aliphatic heterocycles. The van der Waals surface area contributed by atoms with Gasteiger partial charge in [-0.3, -0.25) is 14.7 Å². The number of aliphatic imine (C=N–C) groups is 1. The van der Waals surface area contributed by atoms with Crippen LogP contribution in [-0.2, 0) is 19.4 Å². The number of ketones is 1. The summed E-state index contributed by atoms with van der Waals surface area (Å²) in [5.74, 6) is -0.104. The number of carbonyl (C=O) groups excluding carboxylic acids is 1. The SMILES string of the molecule is C=CS(=O)(=O)C1CC(=O)C2CC3(CCN(CN4C=CN=CC4)CC3)OC2C1. The Morgan fingerprint density at radius 1 is 1.37 bits per heavy atom. The Bertz CT molecular complexity index is 768. The van der Waals surface area contributed by atoms with Crippen LogP contribution in [0.15, 0.2) is 29.4 Å². The molecule has 0 radical (unpaired) electrons.